The number of rotatable bonds is 6. The Bertz CT molecular complexity index is 1160. The van der Waals surface area contributed by atoms with Crippen molar-refractivity contribution in [2.75, 3.05) is 7.11 Å². The minimum absolute atomic E-state index is 0.115. The van der Waals surface area contributed by atoms with Crippen LogP contribution in [0.4, 0.5) is 0 Å². The Morgan fingerprint density at radius 3 is 2.60 bits per heavy atom. The predicted molar refractivity (Wildman–Crippen MR) is 117 cm³/mol. The molecule has 0 radical (unpaired) electrons. The first-order valence-corrected chi connectivity index (χ1v) is 10.2. The van der Waals surface area contributed by atoms with Crippen LogP contribution in [0.2, 0.25) is 0 Å². The zero-order valence-electron chi connectivity index (χ0n) is 16.6. The lowest BCUT2D eigenvalue weighted by atomic mass is 10.0. The molecular formula is C23H20N4O2S. The van der Waals surface area contributed by atoms with Gasteiger partial charge >= 0.3 is 0 Å². The normalized spacial score (nSPS) is 10.6. The summed E-state index contributed by atoms with van der Waals surface area (Å²) < 4.78 is 5.14. The van der Waals surface area contributed by atoms with Crippen molar-refractivity contribution in [2.45, 2.75) is 13.5 Å². The topological polar surface area (TPSA) is 77.0 Å². The maximum atomic E-state index is 12.3. The molecule has 0 aliphatic carbocycles. The van der Waals surface area contributed by atoms with Crippen LogP contribution in [0.3, 0.4) is 0 Å². The molecule has 1 amide bonds. The second-order valence-corrected chi connectivity index (χ2v) is 7.64. The molecule has 3 heterocycles. The number of nitrogens with zero attached hydrogens (tertiary/aromatic N) is 3. The number of benzene rings is 1. The van der Waals surface area contributed by atoms with E-state index >= 15 is 0 Å². The molecule has 1 N–H and O–H groups in total. The molecule has 0 aliphatic rings. The molecule has 0 atom stereocenters. The Kier molecular flexibility index (Phi) is 5.81. The van der Waals surface area contributed by atoms with E-state index in [1.807, 2.05) is 55.6 Å². The van der Waals surface area contributed by atoms with Gasteiger partial charge in [0.1, 0.15) is 5.82 Å². The second-order valence-electron chi connectivity index (χ2n) is 6.60. The summed E-state index contributed by atoms with van der Waals surface area (Å²) in [6.45, 7) is 2.31. The SMILES string of the molecule is COc1ccc(C(=O)NCc2ccc(-c3nc(C)ncc3-c3ccccn3)cc2)s1. The van der Waals surface area contributed by atoms with E-state index < -0.39 is 0 Å². The molecule has 4 rings (SSSR count). The Morgan fingerprint density at radius 2 is 1.90 bits per heavy atom. The van der Waals surface area contributed by atoms with Gasteiger partial charge in [-0.3, -0.25) is 9.78 Å². The van der Waals surface area contributed by atoms with Crippen LogP contribution in [0.15, 0.2) is 67.0 Å². The smallest absolute Gasteiger partial charge is 0.261 e. The largest absolute Gasteiger partial charge is 0.487 e. The minimum atomic E-state index is -0.115. The highest BCUT2D eigenvalue weighted by Crippen LogP contribution is 2.29. The lowest BCUT2D eigenvalue weighted by Gasteiger charge is -2.10. The Hall–Kier alpha value is -3.58. The van der Waals surface area contributed by atoms with E-state index in [-0.39, 0.29) is 5.91 Å². The highest BCUT2D eigenvalue weighted by Gasteiger charge is 2.12. The zero-order chi connectivity index (χ0) is 20.9. The maximum absolute atomic E-state index is 12.3. The van der Waals surface area contributed by atoms with Crippen LogP contribution in [0, 0.1) is 6.92 Å². The fourth-order valence-corrected chi connectivity index (χ4v) is 3.74. The van der Waals surface area contributed by atoms with E-state index in [0.717, 1.165) is 28.1 Å². The molecule has 0 aliphatic heterocycles. The number of pyridine rings is 1. The number of hydrogen-bond donors (Lipinski definition) is 1. The van der Waals surface area contributed by atoms with Crippen molar-refractivity contribution >= 4 is 17.2 Å². The van der Waals surface area contributed by atoms with Crippen molar-refractivity contribution in [3.05, 3.63) is 83.3 Å². The van der Waals surface area contributed by atoms with Gasteiger partial charge in [0.2, 0.25) is 0 Å². The quantitative estimate of drug-likeness (QED) is 0.500. The van der Waals surface area contributed by atoms with Crippen LogP contribution < -0.4 is 10.1 Å². The summed E-state index contributed by atoms with van der Waals surface area (Å²) in [5.41, 5.74) is 4.52. The summed E-state index contributed by atoms with van der Waals surface area (Å²) >= 11 is 1.32. The average Bonchev–Trinajstić information content (AvgIpc) is 3.28. The maximum Gasteiger partial charge on any atom is 0.261 e. The number of aromatic nitrogens is 3. The average molecular weight is 417 g/mol. The van der Waals surface area contributed by atoms with Crippen LogP contribution in [0.1, 0.15) is 21.1 Å². The van der Waals surface area contributed by atoms with Gasteiger partial charge in [-0.15, -0.1) is 0 Å². The third-order valence-corrected chi connectivity index (χ3v) is 5.58. The molecule has 3 aromatic heterocycles. The molecule has 0 bridgehead atoms. The number of amides is 1. The number of carbonyl (C=O) groups excluding carboxylic acids is 1. The van der Waals surface area contributed by atoms with E-state index in [2.05, 4.69) is 20.3 Å². The lowest BCUT2D eigenvalue weighted by molar-refractivity contribution is 0.0955. The lowest BCUT2D eigenvalue weighted by Crippen LogP contribution is -2.21. The van der Waals surface area contributed by atoms with Crippen molar-refractivity contribution in [3.8, 4) is 27.6 Å². The van der Waals surface area contributed by atoms with Crippen LogP contribution >= 0.6 is 11.3 Å². The summed E-state index contributed by atoms with van der Waals surface area (Å²) in [7, 11) is 1.59. The van der Waals surface area contributed by atoms with Gasteiger partial charge < -0.3 is 10.1 Å². The van der Waals surface area contributed by atoms with Gasteiger partial charge in [0.15, 0.2) is 5.06 Å². The van der Waals surface area contributed by atoms with Gasteiger partial charge in [0, 0.05) is 30.1 Å². The van der Waals surface area contributed by atoms with E-state index in [1.165, 1.54) is 11.3 Å². The Balaban J connectivity index is 1.51. The summed E-state index contributed by atoms with van der Waals surface area (Å²) in [4.78, 5) is 26.3. The Labute approximate surface area is 178 Å². The van der Waals surface area contributed by atoms with Gasteiger partial charge in [0.25, 0.3) is 5.91 Å². The number of nitrogens with one attached hydrogen (secondary N) is 1. The highest BCUT2D eigenvalue weighted by molar-refractivity contribution is 7.15. The van der Waals surface area contributed by atoms with Crippen LogP contribution in [0.25, 0.3) is 22.5 Å². The summed E-state index contributed by atoms with van der Waals surface area (Å²) in [5, 5.41) is 3.65. The molecule has 0 spiro atoms. The molecule has 150 valence electrons. The summed E-state index contributed by atoms with van der Waals surface area (Å²) in [6, 6.07) is 17.3. The zero-order valence-corrected chi connectivity index (χ0v) is 17.4. The molecule has 0 fully saturated rings. The number of hydrogen-bond acceptors (Lipinski definition) is 6. The number of thiophene rings is 1. The van der Waals surface area contributed by atoms with Gasteiger partial charge in [0.05, 0.1) is 23.4 Å². The van der Waals surface area contributed by atoms with E-state index in [4.69, 9.17) is 4.74 Å². The number of methoxy groups -OCH3 is 1. The molecule has 6 nitrogen and oxygen atoms in total. The van der Waals surface area contributed by atoms with E-state index in [0.29, 0.717) is 22.3 Å². The van der Waals surface area contributed by atoms with E-state index in [9.17, 15) is 4.79 Å². The summed E-state index contributed by atoms with van der Waals surface area (Å²) in [6.07, 6.45) is 3.57. The predicted octanol–water partition coefficient (Wildman–Crippen LogP) is 4.51. The van der Waals surface area contributed by atoms with Crippen molar-refractivity contribution in [3.63, 3.8) is 0 Å². The third kappa shape index (κ3) is 4.36. The molecule has 1 aromatic carbocycles. The first-order chi connectivity index (χ1) is 14.6. The molecular weight excluding hydrogens is 396 g/mol. The molecule has 4 aromatic rings. The number of carbonyl (C=O) groups is 1. The molecule has 0 saturated carbocycles. The van der Waals surface area contributed by atoms with Crippen LogP contribution in [0.5, 0.6) is 5.06 Å². The summed E-state index contributed by atoms with van der Waals surface area (Å²) in [5.74, 6) is 0.587. The van der Waals surface area contributed by atoms with Crippen molar-refractivity contribution in [1.29, 1.82) is 0 Å². The number of aryl methyl sites for hydroxylation is 1. The standard InChI is InChI=1S/C23H20N4O2S/c1-15-25-14-18(19-5-3-4-12-24-19)22(27-15)17-8-6-16(7-9-17)13-26-23(28)20-10-11-21(29-2)30-20/h3-12,14H,13H2,1-2H3,(H,26,28). The number of ether oxygens (including phenoxy) is 1. The fourth-order valence-electron chi connectivity index (χ4n) is 3.00. The third-order valence-electron chi connectivity index (χ3n) is 4.54. The molecule has 7 heteroatoms. The van der Waals surface area contributed by atoms with Gasteiger partial charge in [-0.25, -0.2) is 9.97 Å². The Morgan fingerprint density at radius 1 is 1.07 bits per heavy atom. The van der Waals surface area contributed by atoms with Gasteiger partial charge in [-0.1, -0.05) is 41.7 Å². The van der Waals surface area contributed by atoms with E-state index in [1.54, 1.807) is 25.4 Å². The highest BCUT2D eigenvalue weighted by atomic mass is 32.1. The first kappa shape index (κ1) is 19.7. The fraction of sp³-hybridized carbons (Fsp3) is 0.130. The molecule has 30 heavy (non-hydrogen) atoms. The van der Waals surface area contributed by atoms with Crippen molar-refractivity contribution in [2.24, 2.45) is 0 Å². The van der Waals surface area contributed by atoms with Crippen molar-refractivity contribution < 1.29 is 9.53 Å². The first-order valence-electron chi connectivity index (χ1n) is 9.40. The van der Waals surface area contributed by atoms with Gasteiger partial charge in [-0.2, -0.15) is 0 Å². The minimum Gasteiger partial charge on any atom is -0.487 e. The van der Waals surface area contributed by atoms with Gasteiger partial charge in [-0.05, 0) is 36.8 Å². The molecule has 0 unspecified atom stereocenters. The molecule has 0 saturated heterocycles. The van der Waals surface area contributed by atoms with Crippen LogP contribution in [-0.4, -0.2) is 28.0 Å². The van der Waals surface area contributed by atoms with Crippen molar-refractivity contribution in [1.82, 2.24) is 20.3 Å². The monoisotopic (exact) mass is 416 g/mol. The second kappa shape index (κ2) is 8.84. The van der Waals surface area contributed by atoms with Crippen LogP contribution in [-0.2, 0) is 6.54 Å².